The van der Waals surface area contributed by atoms with E-state index in [0.717, 1.165) is 16.9 Å². The molecule has 8 nitrogen and oxygen atoms in total. The highest BCUT2D eigenvalue weighted by molar-refractivity contribution is 6.03. The summed E-state index contributed by atoms with van der Waals surface area (Å²) in [5.74, 6) is -0.315. The van der Waals surface area contributed by atoms with E-state index in [-0.39, 0.29) is 11.6 Å². The summed E-state index contributed by atoms with van der Waals surface area (Å²) in [5, 5.41) is 13.8. The molecule has 0 spiro atoms. The molecule has 3 aromatic rings. The van der Waals surface area contributed by atoms with E-state index in [2.05, 4.69) is 30.8 Å². The minimum atomic E-state index is -0.315. The molecule has 0 aliphatic rings. The van der Waals surface area contributed by atoms with Gasteiger partial charge in [0, 0.05) is 11.9 Å². The number of carbonyl (C=O) groups excluding carboxylic acids is 1. The summed E-state index contributed by atoms with van der Waals surface area (Å²) in [6.45, 7) is 3.72. The second-order valence-electron chi connectivity index (χ2n) is 4.75. The fourth-order valence-corrected chi connectivity index (χ4v) is 1.86. The van der Waals surface area contributed by atoms with E-state index in [4.69, 9.17) is 0 Å². The molecule has 0 aliphatic carbocycles. The van der Waals surface area contributed by atoms with Gasteiger partial charge in [-0.25, -0.2) is 9.67 Å². The number of aryl methyl sites for hydroxylation is 2. The Labute approximate surface area is 126 Å². The van der Waals surface area contributed by atoms with Crippen LogP contribution >= 0.6 is 0 Å². The van der Waals surface area contributed by atoms with Crippen LogP contribution in [-0.4, -0.2) is 36.1 Å². The topological polar surface area (TPSA) is 98.5 Å². The highest BCUT2D eigenvalue weighted by atomic mass is 16.1. The number of anilines is 1. The molecule has 3 rings (SSSR count). The van der Waals surface area contributed by atoms with Gasteiger partial charge in [0.1, 0.15) is 12.0 Å². The Bertz CT molecular complexity index is 797. The van der Waals surface area contributed by atoms with Gasteiger partial charge in [0.2, 0.25) is 0 Å². The van der Waals surface area contributed by atoms with Crippen molar-refractivity contribution < 1.29 is 4.79 Å². The maximum Gasteiger partial charge on any atom is 0.275 e. The van der Waals surface area contributed by atoms with Gasteiger partial charge in [-0.2, -0.15) is 0 Å². The summed E-state index contributed by atoms with van der Waals surface area (Å²) in [6.07, 6.45) is 4.49. The first-order chi connectivity index (χ1) is 10.6. The lowest BCUT2D eigenvalue weighted by molar-refractivity contribution is 0.102. The maximum absolute atomic E-state index is 12.2. The van der Waals surface area contributed by atoms with Crippen LogP contribution in [0.4, 0.5) is 5.69 Å². The number of tetrazole rings is 1. The van der Waals surface area contributed by atoms with Crippen LogP contribution in [0.1, 0.15) is 21.7 Å². The first kappa shape index (κ1) is 13.8. The lowest BCUT2D eigenvalue weighted by Gasteiger charge is -2.10. The lowest BCUT2D eigenvalue weighted by atomic mass is 10.1. The Morgan fingerprint density at radius 2 is 2.05 bits per heavy atom. The number of hydrogen-bond acceptors (Lipinski definition) is 6. The Kier molecular flexibility index (Phi) is 3.57. The quantitative estimate of drug-likeness (QED) is 0.782. The molecule has 0 unspecified atom stereocenters. The Morgan fingerprint density at radius 3 is 2.73 bits per heavy atom. The predicted octanol–water partition coefficient (Wildman–Crippen LogP) is 1.32. The molecule has 0 saturated carbocycles. The van der Waals surface area contributed by atoms with Gasteiger partial charge >= 0.3 is 0 Å². The monoisotopic (exact) mass is 295 g/mol. The van der Waals surface area contributed by atoms with Gasteiger partial charge in [0.05, 0.1) is 17.6 Å². The van der Waals surface area contributed by atoms with E-state index >= 15 is 0 Å². The van der Waals surface area contributed by atoms with Gasteiger partial charge in [-0.15, -0.1) is 5.10 Å². The smallest absolute Gasteiger partial charge is 0.275 e. The van der Waals surface area contributed by atoms with Gasteiger partial charge in [0.15, 0.2) is 0 Å². The van der Waals surface area contributed by atoms with Crippen LogP contribution in [0.15, 0.2) is 36.9 Å². The van der Waals surface area contributed by atoms with E-state index in [9.17, 15) is 4.79 Å². The summed E-state index contributed by atoms with van der Waals surface area (Å²) >= 11 is 0. The molecule has 1 aromatic carbocycles. The number of benzene rings is 1. The second kappa shape index (κ2) is 5.68. The maximum atomic E-state index is 12.2. The lowest BCUT2D eigenvalue weighted by Crippen LogP contribution is -2.15. The summed E-state index contributed by atoms with van der Waals surface area (Å²) in [4.78, 5) is 20.3. The van der Waals surface area contributed by atoms with Crippen molar-refractivity contribution in [2.24, 2.45) is 0 Å². The Morgan fingerprint density at radius 1 is 1.18 bits per heavy atom. The van der Waals surface area contributed by atoms with E-state index in [1.165, 1.54) is 17.2 Å². The number of carbonyl (C=O) groups is 1. The molecular weight excluding hydrogens is 282 g/mol. The molecule has 0 bridgehead atoms. The van der Waals surface area contributed by atoms with Gasteiger partial charge in [0.25, 0.3) is 5.91 Å². The zero-order valence-corrected chi connectivity index (χ0v) is 12.1. The van der Waals surface area contributed by atoms with Crippen molar-refractivity contribution in [2.75, 3.05) is 5.32 Å². The normalized spacial score (nSPS) is 10.5. The van der Waals surface area contributed by atoms with Gasteiger partial charge < -0.3 is 5.32 Å². The largest absolute Gasteiger partial charge is 0.320 e. The van der Waals surface area contributed by atoms with Crippen molar-refractivity contribution >= 4 is 11.6 Å². The molecular formula is C14H13N7O. The number of hydrogen-bond donors (Lipinski definition) is 1. The summed E-state index contributed by atoms with van der Waals surface area (Å²) < 4.78 is 1.51. The van der Waals surface area contributed by atoms with E-state index in [1.54, 1.807) is 12.3 Å². The number of rotatable bonds is 3. The molecule has 110 valence electrons. The highest BCUT2D eigenvalue weighted by Crippen LogP contribution is 2.19. The number of aromatic nitrogens is 6. The summed E-state index contributed by atoms with van der Waals surface area (Å²) in [5.41, 5.74) is 3.36. The second-order valence-corrected chi connectivity index (χ2v) is 4.75. The highest BCUT2D eigenvalue weighted by Gasteiger charge is 2.11. The van der Waals surface area contributed by atoms with E-state index in [0.29, 0.717) is 5.69 Å². The molecule has 0 fully saturated rings. The van der Waals surface area contributed by atoms with E-state index in [1.807, 2.05) is 26.0 Å². The molecule has 1 amide bonds. The van der Waals surface area contributed by atoms with Crippen molar-refractivity contribution in [3.05, 3.63) is 53.9 Å². The molecule has 2 heterocycles. The number of amides is 1. The van der Waals surface area contributed by atoms with E-state index < -0.39 is 0 Å². The summed E-state index contributed by atoms with van der Waals surface area (Å²) in [7, 11) is 0. The van der Waals surface area contributed by atoms with Gasteiger partial charge in [-0.05, 0) is 42.0 Å². The Balaban J connectivity index is 1.87. The van der Waals surface area contributed by atoms with Gasteiger partial charge in [-0.3, -0.25) is 9.78 Å². The third kappa shape index (κ3) is 2.80. The van der Waals surface area contributed by atoms with Crippen molar-refractivity contribution in [3.63, 3.8) is 0 Å². The van der Waals surface area contributed by atoms with Crippen molar-refractivity contribution in [1.82, 2.24) is 30.2 Å². The van der Waals surface area contributed by atoms with Crippen LogP contribution in [0.5, 0.6) is 0 Å². The standard InChI is InChI=1S/C14H13N7O/c1-9-3-4-11(21-8-17-19-20-21)5-12(9)18-14(22)13-7-15-10(2)6-16-13/h3-8H,1-2H3,(H,18,22). The molecule has 0 saturated heterocycles. The molecule has 22 heavy (non-hydrogen) atoms. The molecule has 2 aromatic heterocycles. The number of nitrogens with one attached hydrogen (secondary N) is 1. The zero-order valence-electron chi connectivity index (χ0n) is 12.1. The van der Waals surface area contributed by atoms with Crippen LogP contribution < -0.4 is 5.32 Å². The third-order valence-corrected chi connectivity index (χ3v) is 3.10. The SMILES string of the molecule is Cc1cnc(C(=O)Nc2cc(-n3cnnn3)ccc2C)cn1. The zero-order chi connectivity index (χ0) is 15.5. The summed E-state index contributed by atoms with van der Waals surface area (Å²) in [6, 6.07) is 5.55. The van der Waals surface area contributed by atoms with Crippen LogP contribution in [0, 0.1) is 13.8 Å². The molecule has 8 heteroatoms. The van der Waals surface area contributed by atoms with Crippen LogP contribution in [0.2, 0.25) is 0 Å². The van der Waals surface area contributed by atoms with Crippen LogP contribution in [0.3, 0.4) is 0 Å². The van der Waals surface area contributed by atoms with Crippen molar-refractivity contribution in [2.45, 2.75) is 13.8 Å². The first-order valence-electron chi connectivity index (χ1n) is 6.57. The molecule has 1 N–H and O–H groups in total. The van der Waals surface area contributed by atoms with Crippen molar-refractivity contribution in [3.8, 4) is 5.69 Å². The molecule has 0 radical (unpaired) electrons. The third-order valence-electron chi connectivity index (χ3n) is 3.10. The molecule has 0 aliphatic heterocycles. The van der Waals surface area contributed by atoms with Crippen molar-refractivity contribution in [1.29, 1.82) is 0 Å². The van der Waals surface area contributed by atoms with Gasteiger partial charge in [-0.1, -0.05) is 6.07 Å². The average Bonchev–Trinajstić information content (AvgIpc) is 3.04. The fraction of sp³-hybridized carbons (Fsp3) is 0.143. The minimum absolute atomic E-state index is 0.262. The minimum Gasteiger partial charge on any atom is -0.320 e. The molecule has 0 atom stereocenters. The van der Waals surface area contributed by atoms with Crippen LogP contribution in [0.25, 0.3) is 5.69 Å². The average molecular weight is 295 g/mol. The predicted molar refractivity (Wildman–Crippen MR) is 78.6 cm³/mol. The first-order valence-corrected chi connectivity index (χ1v) is 6.57. The fourth-order valence-electron chi connectivity index (χ4n) is 1.86. The Hall–Kier alpha value is -3.16. The number of nitrogens with zero attached hydrogens (tertiary/aromatic N) is 6. The van der Waals surface area contributed by atoms with Crippen LogP contribution in [-0.2, 0) is 0 Å².